The standard InChI is InChI=1S/C5H2ClFN.BrH.Mg/c6-4-1-5(7)3-8-2-4;;/h1,3H;1H;/q;;+1/p-1. The molecule has 1 aromatic rings. The van der Waals surface area contributed by atoms with Gasteiger partial charge in [-0.3, -0.25) is 17.9 Å². The van der Waals surface area contributed by atoms with Crippen molar-refractivity contribution in [3.05, 3.63) is 23.1 Å². The summed E-state index contributed by atoms with van der Waals surface area (Å²) >= 11 is 8.38. The van der Waals surface area contributed by atoms with E-state index in [-0.39, 0.29) is 5.82 Å². The van der Waals surface area contributed by atoms with Crippen molar-refractivity contribution in [2.45, 2.75) is 0 Å². The molecule has 0 aliphatic rings. The lowest BCUT2D eigenvalue weighted by atomic mass is 10.5. The van der Waals surface area contributed by atoms with E-state index in [1.54, 1.807) is 0 Å². The van der Waals surface area contributed by atoms with E-state index >= 15 is 0 Å². The average molecular weight is 235 g/mol. The van der Waals surface area contributed by atoms with Gasteiger partial charge >= 0.3 is 18.2 Å². The summed E-state index contributed by atoms with van der Waals surface area (Å²) in [7, 11) is 0. The van der Waals surface area contributed by atoms with Gasteiger partial charge in [0.2, 0.25) is 0 Å². The fraction of sp³-hybridized carbons (Fsp3) is 0. The Morgan fingerprint density at radius 1 is 1.70 bits per heavy atom. The number of halogens is 3. The van der Waals surface area contributed by atoms with Crippen molar-refractivity contribution in [2.24, 2.45) is 0 Å². The largest absolute Gasteiger partial charge is 0.538 e. The molecule has 0 atom stereocenters. The number of pyridine rings is 1. The smallest absolute Gasteiger partial charge is 0.293 e. The second-order valence-corrected chi connectivity index (χ2v) is 4.74. The molecule has 0 spiro atoms. The van der Waals surface area contributed by atoms with Crippen LogP contribution in [0, 0.1) is 5.82 Å². The Labute approximate surface area is 78.6 Å². The van der Waals surface area contributed by atoms with Gasteiger partial charge < -0.3 is 0 Å². The summed E-state index contributed by atoms with van der Waals surface area (Å²) in [6.07, 6.45) is 1.18. The number of aromatic nitrogens is 1. The number of hydrogen-bond donors (Lipinski definition) is 0. The van der Waals surface area contributed by atoms with E-state index in [2.05, 4.69) is 17.9 Å². The molecule has 1 heterocycles. The van der Waals surface area contributed by atoms with E-state index in [4.69, 9.17) is 11.6 Å². The fourth-order valence-electron chi connectivity index (χ4n) is 0.541. The zero-order valence-corrected chi connectivity index (χ0v) is 8.70. The van der Waals surface area contributed by atoms with Gasteiger partial charge in [0, 0.05) is 5.02 Å². The van der Waals surface area contributed by atoms with E-state index in [9.17, 15) is 4.39 Å². The third kappa shape index (κ3) is 2.05. The minimum Gasteiger partial charge on any atom is -0.293 e. The zero-order chi connectivity index (χ0) is 7.56. The van der Waals surface area contributed by atoms with E-state index in [1.165, 1.54) is 12.3 Å². The molecule has 1 rings (SSSR count). The Morgan fingerprint density at radius 2 is 2.40 bits per heavy atom. The van der Waals surface area contributed by atoms with Crippen molar-refractivity contribution in [1.82, 2.24) is 4.98 Å². The van der Waals surface area contributed by atoms with Crippen molar-refractivity contribution in [3.8, 4) is 0 Å². The van der Waals surface area contributed by atoms with Crippen LogP contribution in [0.2, 0.25) is 5.02 Å². The third-order valence-corrected chi connectivity index (χ3v) is 3.97. The third-order valence-electron chi connectivity index (χ3n) is 1.01. The first-order valence-electron chi connectivity index (χ1n) is 2.60. The summed E-state index contributed by atoms with van der Waals surface area (Å²) in [6, 6.07) is 1.28. The SMILES string of the molecule is Fc1cn[c]([Mg][Br])c(Cl)c1. The molecule has 0 radical (unpaired) electrons. The summed E-state index contributed by atoms with van der Waals surface area (Å²) in [5, 5.41) is 0.420. The molecule has 1 nitrogen and oxygen atoms in total. The highest BCUT2D eigenvalue weighted by Gasteiger charge is 2.03. The van der Waals surface area contributed by atoms with Crippen LogP contribution >= 0.6 is 24.5 Å². The van der Waals surface area contributed by atoms with Crippen molar-refractivity contribution in [1.29, 1.82) is 0 Å². The van der Waals surface area contributed by atoms with Crippen molar-refractivity contribution in [3.63, 3.8) is 0 Å². The lowest BCUT2D eigenvalue weighted by Gasteiger charge is -1.96. The highest BCUT2D eigenvalue weighted by Crippen LogP contribution is 2.04. The Morgan fingerprint density at radius 3 is 2.90 bits per heavy atom. The van der Waals surface area contributed by atoms with Gasteiger partial charge in [0.25, 0.3) is 0 Å². The second kappa shape index (κ2) is 3.85. The molecular formula is C5H2BrClFMgN. The number of nitrogens with zero attached hydrogens (tertiary/aromatic N) is 1. The topological polar surface area (TPSA) is 12.9 Å². The molecule has 0 amide bonds. The predicted molar refractivity (Wildman–Crippen MR) is 43.5 cm³/mol. The quantitative estimate of drug-likeness (QED) is 0.672. The van der Waals surface area contributed by atoms with Gasteiger partial charge in [-0.25, -0.2) is 4.39 Å². The maximum absolute atomic E-state index is 12.3. The van der Waals surface area contributed by atoms with Gasteiger partial charge in [-0.1, -0.05) is 15.4 Å². The van der Waals surface area contributed by atoms with E-state index in [0.717, 1.165) is 3.82 Å². The van der Waals surface area contributed by atoms with Gasteiger partial charge in [-0.15, -0.1) is 0 Å². The van der Waals surface area contributed by atoms with Gasteiger partial charge in [-0.05, 0) is 6.07 Å². The molecule has 5 heteroatoms. The average Bonchev–Trinajstić information content (AvgIpc) is 1.88. The Kier molecular flexibility index (Phi) is 3.35. The van der Waals surface area contributed by atoms with Crippen molar-refractivity contribution in [2.75, 3.05) is 0 Å². The van der Waals surface area contributed by atoms with Crippen LogP contribution in [0.3, 0.4) is 0 Å². The molecule has 0 unspecified atom stereocenters. The maximum atomic E-state index is 12.3. The number of hydrogen-bond acceptors (Lipinski definition) is 1. The molecule has 0 saturated carbocycles. The van der Waals surface area contributed by atoms with Crippen LogP contribution in [-0.4, -0.2) is 23.2 Å². The van der Waals surface area contributed by atoms with Crippen LogP contribution in [0.25, 0.3) is 0 Å². The minimum atomic E-state index is -0.551. The normalized spacial score (nSPS) is 9.10. The van der Waals surface area contributed by atoms with Crippen LogP contribution in [0.1, 0.15) is 0 Å². The predicted octanol–water partition coefficient (Wildman–Crippen LogP) is 1.51. The molecule has 0 aliphatic heterocycles. The van der Waals surface area contributed by atoms with E-state index in [0.29, 0.717) is 5.02 Å². The van der Waals surface area contributed by atoms with Gasteiger partial charge in [0.05, 0.1) is 6.20 Å². The van der Waals surface area contributed by atoms with E-state index in [1.807, 2.05) is 0 Å². The second-order valence-electron chi connectivity index (χ2n) is 1.72. The zero-order valence-electron chi connectivity index (χ0n) is 4.94. The Balaban J connectivity index is 3.07. The maximum Gasteiger partial charge on any atom is 0.538 e. The lowest BCUT2D eigenvalue weighted by Crippen LogP contribution is -2.14. The molecule has 1 aromatic heterocycles. The summed E-state index contributed by atoms with van der Waals surface area (Å²) < 4.78 is 13.1. The molecule has 0 bridgehead atoms. The molecule has 0 N–H and O–H groups in total. The monoisotopic (exact) mass is 233 g/mol. The van der Waals surface area contributed by atoms with Crippen LogP contribution in [0.5, 0.6) is 0 Å². The Hall–Kier alpha value is 0.616. The molecule has 0 aliphatic carbocycles. The molecule has 50 valence electrons. The highest BCUT2D eigenvalue weighted by atomic mass is 79.9. The molecular weight excluding hydrogens is 233 g/mol. The first-order chi connectivity index (χ1) is 4.74. The molecule has 0 aromatic carbocycles. The summed E-state index contributed by atoms with van der Waals surface area (Å²) in [5.41, 5.74) is 0. The summed E-state index contributed by atoms with van der Waals surface area (Å²) in [6.45, 7) is 0. The number of rotatable bonds is 1. The Bertz CT molecular complexity index is 245. The first kappa shape index (κ1) is 8.71. The van der Waals surface area contributed by atoms with Crippen molar-refractivity contribution >= 4 is 46.5 Å². The highest BCUT2D eigenvalue weighted by molar-refractivity contribution is 9.23. The van der Waals surface area contributed by atoms with Crippen molar-refractivity contribution < 1.29 is 4.39 Å². The minimum absolute atomic E-state index is 0.385. The lowest BCUT2D eigenvalue weighted by molar-refractivity contribution is 0.622. The molecule has 0 saturated heterocycles. The summed E-state index contributed by atoms with van der Waals surface area (Å²) in [5.74, 6) is -0.385. The van der Waals surface area contributed by atoms with Crippen LogP contribution in [0.4, 0.5) is 4.39 Å². The van der Waals surface area contributed by atoms with Gasteiger partial charge in [0.1, 0.15) is 5.82 Å². The summed E-state index contributed by atoms with van der Waals surface area (Å²) in [4.78, 5) is 3.80. The van der Waals surface area contributed by atoms with Gasteiger partial charge in [-0.2, -0.15) is 0 Å². The molecule has 0 fully saturated rings. The first-order valence-corrected chi connectivity index (χ1v) is 7.58. The van der Waals surface area contributed by atoms with Crippen LogP contribution in [0.15, 0.2) is 12.3 Å². The molecule has 10 heavy (non-hydrogen) atoms. The van der Waals surface area contributed by atoms with Gasteiger partial charge in [0.15, 0.2) is 0 Å². The van der Waals surface area contributed by atoms with E-state index < -0.39 is 18.2 Å². The fourth-order valence-corrected chi connectivity index (χ4v) is 3.11. The van der Waals surface area contributed by atoms with Crippen LogP contribution < -0.4 is 3.82 Å². The van der Waals surface area contributed by atoms with Crippen LogP contribution in [-0.2, 0) is 0 Å².